The maximum atomic E-state index is 13.5. The van der Waals surface area contributed by atoms with Crippen LogP contribution < -0.4 is 9.64 Å². The molecule has 0 unspecified atom stereocenters. The molecule has 2 aromatic carbocycles. The molecule has 6 nitrogen and oxygen atoms in total. The van der Waals surface area contributed by atoms with Crippen LogP contribution in [-0.4, -0.2) is 61.3 Å². The van der Waals surface area contributed by atoms with Gasteiger partial charge in [0.1, 0.15) is 5.75 Å². The molecule has 0 aliphatic carbocycles. The van der Waals surface area contributed by atoms with Crippen LogP contribution in [0.25, 0.3) is 10.2 Å². The van der Waals surface area contributed by atoms with Crippen molar-refractivity contribution < 1.29 is 14.3 Å². The molecule has 1 aliphatic rings. The van der Waals surface area contributed by atoms with Crippen LogP contribution in [0.1, 0.15) is 36.2 Å². The number of carbonyl (C=O) groups excluding carboxylic acids is 1. The van der Waals surface area contributed by atoms with Gasteiger partial charge in [0, 0.05) is 31.7 Å². The molecule has 0 spiro atoms. The zero-order chi connectivity index (χ0) is 22.5. The number of ether oxygens (including phenoxy) is 2. The predicted molar refractivity (Wildman–Crippen MR) is 130 cm³/mol. The van der Waals surface area contributed by atoms with Gasteiger partial charge in [0.2, 0.25) is 0 Å². The molecular formula is C25H31N3O3S. The highest BCUT2D eigenvalue weighted by molar-refractivity contribution is 7.22. The van der Waals surface area contributed by atoms with Crippen molar-refractivity contribution in [2.75, 3.05) is 44.3 Å². The molecule has 1 aliphatic heterocycles. The number of hydrogen-bond donors (Lipinski definition) is 0. The van der Waals surface area contributed by atoms with Gasteiger partial charge in [-0.15, -0.1) is 0 Å². The highest BCUT2D eigenvalue weighted by atomic mass is 32.1. The summed E-state index contributed by atoms with van der Waals surface area (Å²) in [7, 11) is 0. The van der Waals surface area contributed by atoms with E-state index in [0.29, 0.717) is 12.1 Å². The van der Waals surface area contributed by atoms with E-state index in [4.69, 9.17) is 14.5 Å². The fourth-order valence-electron chi connectivity index (χ4n) is 3.80. The normalized spacial score (nSPS) is 14.8. The first-order chi connectivity index (χ1) is 15.5. The van der Waals surface area contributed by atoms with Gasteiger partial charge < -0.3 is 9.47 Å². The molecular weight excluding hydrogens is 422 g/mol. The standard InChI is InChI=1S/C25H31N3O3S/c1-18(2)31-21-8-6-20(7-9-21)24(29)28(12-4-11-27-13-15-30-16-14-27)25-26-22-10-5-19(3)17-23(22)32-25/h5-10,17-18H,4,11-16H2,1-3H3. The number of rotatable bonds is 8. The number of morpholine rings is 1. The number of nitrogens with zero attached hydrogens (tertiary/aromatic N) is 3. The van der Waals surface area contributed by atoms with Crippen LogP contribution in [0.15, 0.2) is 42.5 Å². The summed E-state index contributed by atoms with van der Waals surface area (Å²) < 4.78 is 12.3. The van der Waals surface area contributed by atoms with Crippen molar-refractivity contribution in [2.45, 2.75) is 33.3 Å². The maximum Gasteiger partial charge on any atom is 0.260 e. The van der Waals surface area contributed by atoms with Gasteiger partial charge in [-0.2, -0.15) is 0 Å². The average Bonchev–Trinajstić information content (AvgIpc) is 3.20. The summed E-state index contributed by atoms with van der Waals surface area (Å²) >= 11 is 1.58. The summed E-state index contributed by atoms with van der Waals surface area (Å²) in [5, 5.41) is 0.750. The second-order valence-electron chi connectivity index (χ2n) is 8.42. The van der Waals surface area contributed by atoms with Crippen LogP contribution in [0.2, 0.25) is 0 Å². The topological polar surface area (TPSA) is 54.9 Å². The molecule has 32 heavy (non-hydrogen) atoms. The monoisotopic (exact) mass is 453 g/mol. The fourth-order valence-corrected chi connectivity index (χ4v) is 4.89. The number of benzene rings is 2. The average molecular weight is 454 g/mol. The molecule has 0 saturated carbocycles. The van der Waals surface area contributed by atoms with E-state index in [-0.39, 0.29) is 12.0 Å². The Kier molecular flexibility index (Phi) is 7.40. The highest BCUT2D eigenvalue weighted by Gasteiger charge is 2.22. The Balaban J connectivity index is 1.54. The molecule has 4 rings (SSSR count). The number of aryl methyl sites for hydroxylation is 1. The largest absolute Gasteiger partial charge is 0.491 e. The van der Waals surface area contributed by atoms with Gasteiger partial charge in [-0.1, -0.05) is 17.4 Å². The second kappa shape index (κ2) is 10.4. The minimum absolute atomic E-state index is 0.0288. The van der Waals surface area contributed by atoms with Crippen LogP contribution in [0.5, 0.6) is 5.75 Å². The van der Waals surface area contributed by atoms with Crippen LogP contribution >= 0.6 is 11.3 Å². The summed E-state index contributed by atoms with van der Waals surface area (Å²) in [4.78, 5) is 22.5. The Bertz CT molecular complexity index is 1040. The molecule has 1 amide bonds. The molecule has 0 bridgehead atoms. The van der Waals surface area contributed by atoms with E-state index in [1.165, 1.54) is 5.56 Å². The zero-order valence-electron chi connectivity index (χ0n) is 19.0. The molecule has 2 heterocycles. The van der Waals surface area contributed by atoms with Crippen molar-refractivity contribution in [3.8, 4) is 5.75 Å². The lowest BCUT2D eigenvalue weighted by Crippen LogP contribution is -2.39. The molecule has 0 atom stereocenters. The van der Waals surface area contributed by atoms with E-state index in [2.05, 4.69) is 24.0 Å². The first-order valence-electron chi connectivity index (χ1n) is 11.3. The molecule has 1 saturated heterocycles. The first kappa shape index (κ1) is 22.7. The maximum absolute atomic E-state index is 13.5. The molecule has 0 radical (unpaired) electrons. The van der Waals surface area contributed by atoms with Gasteiger partial charge in [0.05, 0.1) is 29.5 Å². The summed E-state index contributed by atoms with van der Waals surface area (Å²) in [6.07, 6.45) is 0.981. The van der Waals surface area contributed by atoms with E-state index >= 15 is 0 Å². The first-order valence-corrected chi connectivity index (χ1v) is 12.1. The van der Waals surface area contributed by atoms with Gasteiger partial charge in [-0.25, -0.2) is 4.98 Å². The minimum atomic E-state index is -0.0288. The van der Waals surface area contributed by atoms with Crippen molar-refractivity contribution in [1.82, 2.24) is 9.88 Å². The predicted octanol–water partition coefficient (Wildman–Crippen LogP) is 4.76. The summed E-state index contributed by atoms with van der Waals surface area (Å²) in [6.45, 7) is 11.1. The summed E-state index contributed by atoms with van der Waals surface area (Å²) in [5.74, 6) is 0.740. The number of aromatic nitrogens is 1. The third-order valence-electron chi connectivity index (χ3n) is 5.44. The Labute approximate surface area is 193 Å². The number of amides is 1. The molecule has 1 aromatic heterocycles. The summed E-state index contributed by atoms with van der Waals surface area (Å²) in [6, 6.07) is 13.6. The van der Waals surface area contributed by atoms with Crippen molar-refractivity contribution in [1.29, 1.82) is 0 Å². The lowest BCUT2D eigenvalue weighted by Gasteiger charge is -2.27. The van der Waals surface area contributed by atoms with Crippen molar-refractivity contribution in [2.24, 2.45) is 0 Å². The number of hydrogen-bond acceptors (Lipinski definition) is 6. The molecule has 1 fully saturated rings. The van der Waals surface area contributed by atoms with Gasteiger partial charge in [0.25, 0.3) is 5.91 Å². The lowest BCUT2D eigenvalue weighted by atomic mass is 10.2. The molecule has 3 aromatic rings. The number of fused-ring (bicyclic) bond motifs is 1. The van der Waals surface area contributed by atoms with Gasteiger partial charge in [-0.3, -0.25) is 14.6 Å². The third-order valence-corrected chi connectivity index (χ3v) is 6.48. The summed E-state index contributed by atoms with van der Waals surface area (Å²) in [5.41, 5.74) is 2.77. The van der Waals surface area contributed by atoms with Gasteiger partial charge >= 0.3 is 0 Å². The van der Waals surface area contributed by atoms with E-state index in [0.717, 1.165) is 60.4 Å². The zero-order valence-corrected chi connectivity index (χ0v) is 19.9. The van der Waals surface area contributed by atoms with Crippen molar-refractivity contribution >= 4 is 32.6 Å². The van der Waals surface area contributed by atoms with Gasteiger partial charge in [0.15, 0.2) is 5.13 Å². The highest BCUT2D eigenvalue weighted by Crippen LogP contribution is 2.31. The van der Waals surface area contributed by atoms with Crippen LogP contribution in [0, 0.1) is 6.92 Å². The third kappa shape index (κ3) is 5.65. The lowest BCUT2D eigenvalue weighted by molar-refractivity contribution is 0.0376. The van der Waals surface area contributed by atoms with E-state index in [9.17, 15) is 4.79 Å². The fraction of sp³-hybridized carbons (Fsp3) is 0.440. The van der Waals surface area contributed by atoms with Gasteiger partial charge in [-0.05, 0) is 69.2 Å². The Morgan fingerprint density at radius 2 is 1.94 bits per heavy atom. The SMILES string of the molecule is Cc1ccc2nc(N(CCCN3CCOCC3)C(=O)c3ccc(OC(C)C)cc3)sc2c1. The molecule has 170 valence electrons. The van der Waals surface area contributed by atoms with Crippen molar-refractivity contribution in [3.63, 3.8) is 0 Å². The van der Waals surface area contributed by atoms with Crippen LogP contribution in [0.3, 0.4) is 0 Å². The van der Waals surface area contributed by atoms with E-state index < -0.39 is 0 Å². The number of anilines is 1. The molecule has 0 N–H and O–H groups in total. The van der Waals surface area contributed by atoms with Crippen LogP contribution in [0.4, 0.5) is 5.13 Å². The quantitative estimate of drug-likeness (QED) is 0.492. The molecule has 7 heteroatoms. The van der Waals surface area contributed by atoms with E-state index in [1.807, 2.05) is 49.1 Å². The Hall–Kier alpha value is -2.48. The number of carbonyl (C=O) groups is 1. The smallest absolute Gasteiger partial charge is 0.260 e. The Morgan fingerprint density at radius 3 is 2.66 bits per heavy atom. The minimum Gasteiger partial charge on any atom is -0.491 e. The Morgan fingerprint density at radius 1 is 1.19 bits per heavy atom. The van der Waals surface area contributed by atoms with Crippen LogP contribution in [-0.2, 0) is 4.74 Å². The second-order valence-corrected chi connectivity index (χ2v) is 9.43. The van der Waals surface area contributed by atoms with E-state index in [1.54, 1.807) is 11.3 Å². The number of thiazole rings is 1. The van der Waals surface area contributed by atoms with Crippen molar-refractivity contribution in [3.05, 3.63) is 53.6 Å².